The normalized spacial score (nSPS) is 14.3. The van der Waals surface area contributed by atoms with Gasteiger partial charge in [0.05, 0.1) is 171 Å². The van der Waals surface area contributed by atoms with Gasteiger partial charge in [0.15, 0.2) is 23.0 Å². The zero-order valence-corrected chi connectivity index (χ0v) is 70.8. The van der Waals surface area contributed by atoms with Crippen LogP contribution in [0.3, 0.4) is 0 Å². The third-order valence-corrected chi connectivity index (χ3v) is 21.7. The summed E-state index contributed by atoms with van der Waals surface area (Å²) in [6.45, 7) is 1.28. The van der Waals surface area contributed by atoms with E-state index in [9.17, 15) is 51.1 Å². The Morgan fingerprint density at radius 2 is 0.586 bits per heavy atom. The lowest BCUT2D eigenvalue weighted by Crippen LogP contribution is -2.18. The molecule has 31 heteroatoms. The minimum absolute atomic E-state index is 0.00656. The molecule has 128 heavy (non-hydrogen) atoms. The summed E-state index contributed by atoms with van der Waals surface area (Å²) in [6, 6.07) is 58.4. The van der Waals surface area contributed by atoms with Crippen molar-refractivity contribution in [2.75, 3.05) is 88.9 Å². The first-order chi connectivity index (χ1) is 62.7. The van der Waals surface area contributed by atoms with Crippen LogP contribution < -0.4 is 42.6 Å². The first kappa shape index (κ1) is 90.3. The topological polar surface area (TPSA) is 442 Å². The van der Waals surface area contributed by atoms with Gasteiger partial charge in [-0.15, -0.1) is 0 Å². The van der Waals surface area contributed by atoms with E-state index in [4.69, 9.17) is 52.7 Å². The zero-order valence-electron chi connectivity index (χ0n) is 70.8. The van der Waals surface area contributed by atoms with Gasteiger partial charge in [-0.05, 0) is 154 Å². The van der Waals surface area contributed by atoms with Crippen LogP contribution in [0.4, 0.5) is 0 Å². The van der Waals surface area contributed by atoms with Crippen LogP contribution >= 0.6 is 0 Å². The number of aliphatic hydroxyl groups excluding tert-OH is 11. The number of nitrogens with zero attached hydrogens (tertiary/aromatic N) is 11. The van der Waals surface area contributed by atoms with Crippen LogP contribution in [0, 0.1) is 0 Å². The summed E-state index contributed by atoms with van der Waals surface area (Å²) in [5.74, 6) is 5.52. The number of fused-ring (bicyclic) bond motifs is 3. The number of para-hydroxylation sites is 1. The van der Waals surface area contributed by atoms with Crippen molar-refractivity contribution >= 4 is 68.0 Å². The largest absolute Gasteiger partial charge is 0.497 e. The van der Waals surface area contributed by atoms with Gasteiger partial charge >= 0.3 is 0 Å². The van der Waals surface area contributed by atoms with Crippen molar-refractivity contribution in [2.45, 2.75) is 72.7 Å². The van der Waals surface area contributed by atoms with Crippen molar-refractivity contribution in [1.82, 2.24) is 4.98 Å². The van der Waals surface area contributed by atoms with E-state index in [2.05, 4.69) is 49.9 Å². The molecular formula is C97H95N11O20. The first-order valence-electron chi connectivity index (χ1n) is 40.7. The molecule has 31 nitrogen and oxygen atoms in total. The van der Waals surface area contributed by atoms with Gasteiger partial charge in [-0.25, -0.2) is 4.98 Å². The fourth-order valence-corrected chi connectivity index (χ4v) is 15.2. The summed E-state index contributed by atoms with van der Waals surface area (Å²) in [6.07, 6.45) is 0. The fourth-order valence-electron chi connectivity index (χ4n) is 15.2. The molecule has 8 heterocycles. The van der Waals surface area contributed by atoms with Gasteiger partial charge in [-0.2, -0.15) is 0 Å². The van der Waals surface area contributed by atoms with E-state index in [0.29, 0.717) is 166 Å². The van der Waals surface area contributed by atoms with Crippen LogP contribution in [0.15, 0.2) is 238 Å². The average molecular weight is 1730 g/mol. The predicted octanol–water partition coefficient (Wildman–Crippen LogP) is 9.19. The zero-order chi connectivity index (χ0) is 89.7. The molecule has 1 aromatic heterocycles. The number of rotatable bonds is 26. The SMILES string of the molecule is COc1cc(C2=NCN=C2c2ccc(CO)cc2)cc(CO)c1CO.COc1cc(C2=NCN=C2c2ccc3c(c2)OCCO3)cc(CO)c1CO.COc1cc(C2=NCN=C2c2ccc3c(c2)OCO3)cc(CO)c1CO.COc1cc(C2=NCN=C2c2ccc3ccccc3n2)cc(CO)c1CO.COc1cc(CO)cc(C2=NCN=C2c2ccc(CO)cc2)c1. The molecular weight excluding hydrogens is 1640 g/mol. The smallest absolute Gasteiger partial charge is 0.231 e. The fraction of sp³-hybridized carbons (Fsp3) is 0.247. The molecule has 0 saturated carbocycles. The molecule has 0 radical (unpaired) electrons. The molecule has 0 unspecified atom stereocenters. The van der Waals surface area contributed by atoms with Gasteiger partial charge in [-0.1, -0.05) is 72.8 Å². The molecule has 0 saturated heterocycles. The molecule has 10 aromatic carbocycles. The monoisotopic (exact) mass is 1730 g/mol. The van der Waals surface area contributed by atoms with E-state index in [1.807, 2.05) is 158 Å². The highest BCUT2D eigenvalue weighted by Gasteiger charge is 2.29. The lowest BCUT2D eigenvalue weighted by Gasteiger charge is -2.19. The van der Waals surface area contributed by atoms with Gasteiger partial charge in [0.1, 0.15) is 81.0 Å². The molecule has 658 valence electrons. The second-order valence-corrected chi connectivity index (χ2v) is 29.1. The van der Waals surface area contributed by atoms with Crippen molar-refractivity contribution in [1.29, 1.82) is 0 Å². The maximum absolute atomic E-state index is 9.69. The number of aliphatic hydroxyl groups is 11. The predicted molar refractivity (Wildman–Crippen MR) is 484 cm³/mol. The highest BCUT2D eigenvalue weighted by molar-refractivity contribution is 6.57. The maximum Gasteiger partial charge on any atom is 0.231 e. The second-order valence-electron chi connectivity index (χ2n) is 29.1. The summed E-state index contributed by atoms with van der Waals surface area (Å²) < 4.78 is 48.9. The highest BCUT2D eigenvalue weighted by Crippen LogP contribution is 2.38. The molecule has 0 fully saturated rings. The van der Waals surface area contributed by atoms with E-state index < -0.39 is 0 Å². The third kappa shape index (κ3) is 20.0. The molecule has 18 rings (SSSR count). The van der Waals surface area contributed by atoms with Crippen LogP contribution in [-0.2, 0) is 72.7 Å². The Labute approximate surface area is 736 Å². The molecule has 0 amide bonds. The minimum Gasteiger partial charge on any atom is -0.497 e. The Morgan fingerprint density at radius 3 is 0.961 bits per heavy atom. The summed E-state index contributed by atoms with van der Waals surface area (Å²) >= 11 is 0. The standard InChI is InChI=1S/C21H19N3O3.C20H20N2O5.C19H18N2O5.C19H20N2O4.C18H18N2O3/c1-27-19-9-14(8-15(10-25)16(19)11-26)20-21(23-12-22-20)18-7-6-13-4-2-3-5-17(13)24-18;1-25-17-8-13(6-14(9-23)15(17)10-24)20-19(21-11-22-20)12-2-3-16-18(7-12)27-5-4-26-16;1-24-16-6-12(4-13(7-22)14(16)8-23)19-18(20-9-21-19)11-2-3-15-17(5-11)26-10-25-15;1-25-17-7-14(6-15(9-23)16(17)10-24)19-18(20-11-21-19)13-4-2-12(8-22)3-5-13;1-23-16-7-13(10-22)6-15(8-16)18-17(19-11-20-18)14-4-2-12(9-21)3-5-14/h2-9,25-26H,10-12H2,1H3;2-3,6-8,23-24H,4-5,9-11H2,1H3;2-6,22-23H,7-10H2,1H3;2-7,22-24H,8-11H2,1H3;2-8,21-22H,9-11H2,1H3. The van der Waals surface area contributed by atoms with Crippen molar-refractivity contribution in [2.24, 2.45) is 49.9 Å². The van der Waals surface area contributed by atoms with Crippen LogP contribution in [0.5, 0.6) is 51.7 Å². The third-order valence-electron chi connectivity index (χ3n) is 21.7. The maximum atomic E-state index is 9.69. The van der Waals surface area contributed by atoms with Crippen LogP contribution in [0.25, 0.3) is 10.9 Å². The molecule has 7 aliphatic rings. The number of hydrogen-bond donors (Lipinski definition) is 11. The molecule has 0 atom stereocenters. The summed E-state index contributed by atoms with van der Waals surface area (Å²) in [5, 5.41) is 106. The Bertz CT molecular complexity index is 6140. The van der Waals surface area contributed by atoms with E-state index in [0.717, 1.165) is 118 Å². The Balaban J connectivity index is 0.000000130. The highest BCUT2D eigenvalue weighted by atomic mass is 16.7. The number of hydrogen-bond acceptors (Lipinski definition) is 31. The average Bonchev–Trinajstić information content (AvgIpc) is 1.50. The van der Waals surface area contributed by atoms with Gasteiger partial charge in [0.2, 0.25) is 6.79 Å². The van der Waals surface area contributed by atoms with Gasteiger partial charge in [0.25, 0.3) is 0 Å². The Hall–Kier alpha value is -13.9. The Kier molecular flexibility index (Phi) is 30.2. The molecule has 0 spiro atoms. The molecule has 0 bridgehead atoms. The molecule has 11 N–H and O–H groups in total. The number of aromatic nitrogens is 1. The van der Waals surface area contributed by atoms with Crippen molar-refractivity contribution in [3.8, 4) is 51.7 Å². The van der Waals surface area contributed by atoms with Gasteiger partial charge < -0.3 is 98.8 Å². The van der Waals surface area contributed by atoms with Crippen molar-refractivity contribution in [3.05, 3.63) is 305 Å². The minimum atomic E-state index is -0.213. The van der Waals surface area contributed by atoms with E-state index in [1.165, 1.54) is 28.4 Å². The molecule has 7 aliphatic heterocycles. The van der Waals surface area contributed by atoms with E-state index in [1.54, 1.807) is 37.4 Å². The molecule has 11 aromatic rings. The summed E-state index contributed by atoms with van der Waals surface area (Å²) in [4.78, 5) is 49.7. The second kappa shape index (κ2) is 42.8. The quantitative estimate of drug-likeness (QED) is 0.0240. The van der Waals surface area contributed by atoms with Gasteiger partial charge in [-0.3, -0.25) is 49.9 Å². The number of ether oxygens (including phenoxy) is 9. The van der Waals surface area contributed by atoms with E-state index >= 15 is 0 Å². The van der Waals surface area contributed by atoms with Crippen molar-refractivity contribution < 1.29 is 98.8 Å². The Morgan fingerprint density at radius 1 is 0.258 bits per heavy atom. The van der Waals surface area contributed by atoms with Gasteiger partial charge in [0, 0.05) is 77.7 Å². The lowest BCUT2D eigenvalue weighted by atomic mass is 9.95. The number of pyridine rings is 1. The summed E-state index contributed by atoms with van der Waals surface area (Å²) in [7, 11) is 7.72. The summed E-state index contributed by atoms with van der Waals surface area (Å²) in [5.41, 5.74) is 23.8. The number of aliphatic imine (C=N–C) groups is 10. The number of benzene rings is 10. The van der Waals surface area contributed by atoms with Crippen molar-refractivity contribution in [3.63, 3.8) is 0 Å². The van der Waals surface area contributed by atoms with Crippen LogP contribution in [0.1, 0.15) is 117 Å². The van der Waals surface area contributed by atoms with E-state index in [-0.39, 0.29) is 79.5 Å². The lowest BCUT2D eigenvalue weighted by molar-refractivity contribution is 0.171. The molecule has 0 aliphatic carbocycles. The first-order valence-corrected chi connectivity index (χ1v) is 40.7. The number of methoxy groups -OCH3 is 5. The van der Waals surface area contributed by atoms with Crippen LogP contribution in [0.2, 0.25) is 0 Å². The van der Waals surface area contributed by atoms with Crippen LogP contribution in [-0.4, -0.2) is 207 Å².